The van der Waals surface area contributed by atoms with E-state index in [2.05, 4.69) is 6.07 Å². The average molecular weight is 234 g/mol. The Morgan fingerprint density at radius 3 is 2.65 bits per heavy atom. The first kappa shape index (κ1) is 10.9. The number of fused-ring (bicyclic) bond motifs is 1. The van der Waals surface area contributed by atoms with Crippen LogP contribution in [-0.4, -0.2) is 24.9 Å². The molecule has 1 aromatic carbocycles. The average Bonchev–Trinajstić information content (AvgIpc) is 3.15. The quantitative estimate of drug-likeness (QED) is 0.872. The summed E-state index contributed by atoms with van der Waals surface area (Å²) < 4.78 is 11.3. The van der Waals surface area contributed by atoms with E-state index in [4.69, 9.17) is 9.47 Å². The van der Waals surface area contributed by atoms with Gasteiger partial charge in [-0.1, -0.05) is 6.07 Å². The Bertz CT molecular complexity index is 398. The van der Waals surface area contributed by atoms with Gasteiger partial charge >= 0.3 is 0 Å². The molecule has 0 spiro atoms. The van der Waals surface area contributed by atoms with E-state index in [0.29, 0.717) is 12.5 Å². The summed E-state index contributed by atoms with van der Waals surface area (Å²) in [4.78, 5) is 0. The van der Waals surface area contributed by atoms with Gasteiger partial charge < -0.3 is 14.6 Å². The van der Waals surface area contributed by atoms with Gasteiger partial charge in [0.25, 0.3) is 0 Å². The maximum absolute atomic E-state index is 9.48. The molecule has 1 N–H and O–H groups in total. The SMILES string of the molecule is OCC(c1ccc2c(c1)OCCCO2)C1CC1. The molecule has 1 aliphatic carbocycles. The molecule has 17 heavy (non-hydrogen) atoms. The normalized spacial score (nSPS) is 20.8. The Kier molecular flexibility index (Phi) is 2.93. The molecule has 1 unspecified atom stereocenters. The minimum Gasteiger partial charge on any atom is -0.490 e. The molecule has 1 saturated carbocycles. The van der Waals surface area contributed by atoms with Gasteiger partial charge in [0, 0.05) is 12.3 Å². The molecule has 92 valence electrons. The predicted molar refractivity (Wildman–Crippen MR) is 64.6 cm³/mol. The van der Waals surface area contributed by atoms with Crippen LogP contribution in [0.25, 0.3) is 0 Å². The van der Waals surface area contributed by atoms with Gasteiger partial charge in [-0.3, -0.25) is 0 Å². The largest absolute Gasteiger partial charge is 0.490 e. The molecule has 1 aromatic rings. The van der Waals surface area contributed by atoms with E-state index in [1.54, 1.807) is 0 Å². The fourth-order valence-corrected chi connectivity index (χ4v) is 2.44. The van der Waals surface area contributed by atoms with Crippen molar-refractivity contribution in [3.63, 3.8) is 0 Å². The lowest BCUT2D eigenvalue weighted by atomic mass is 9.95. The highest BCUT2D eigenvalue weighted by Crippen LogP contribution is 2.44. The van der Waals surface area contributed by atoms with Crippen LogP contribution in [0.1, 0.15) is 30.7 Å². The number of benzene rings is 1. The van der Waals surface area contributed by atoms with E-state index in [1.807, 2.05) is 12.1 Å². The minimum atomic E-state index is 0.226. The highest BCUT2D eigenvalue weighted by molar-refractivity contribution is 5.44. The van der Waals surface area contributed by atoms with Crippen LogP contribution in [0.15, 0.2) is 18.2 Å². The van der Waals surface area contributed by atoms with Crippen molar-refractivity contribution >= 4 is 0 Å². The molecular formula is C14H18O3. The second kappa shape index (κ2) is 4.57. The molecule has 0 radical (unpaired) electrons. The van der Waals surface area contributed by atoms with Crippen molar-refractivity contribution < 1.29 is 14.6 Å². The number of ether oxygens (including phenoxy) is 2. The Morgan fingerprint density at radius 2 is 1.94 bits per heavy atom. The summed E-state index contributed by atoms with van der Waals surface area (Å²) in [6.07, 6.45) is 3.40. The van der Waals surface area contributed by atoms with Gasteiger partial charge in [-0.2, -0.15) is 0 Å². The molecule has 1 fully saturated rings. The lowest BCUT2D eigenvalue weighted by molar-refractivity contribution is 0.252. The smallest absolute Gasteiger partial charge is 0.161 e. The van der Waals surface area contributed by atoms with Gasteiger partial charge in [-0.15, -0.1) is 0 Å². The van der Waals surface area contributed by atoms with Crippen LogP contribution in [0.5, 0.6) is 11.5 Å². The summed E-state index contributed by atoms with van der Waals surface area (Å²) in [6, 6.07) is 6.08. The van der Waals surface area contributed by atoms with Crippen molar-refractivity contribution in [2.24, 2.45) is 5.92 Å². The van der Waals surface area contributed by atoms with Crippen LogP contribution in [0.4, 0.5) is 0 Å². The summed E-state index contributed by atoms with van der Waals surface area (Å²) in [5.74, 6) is 2.59. The van der Waals surface area contributed by atoms with E-state index in [9.17, 15) is 5.11 Å². The summed E-state index contributed by atoms with van der Waals surface area (Å²) in [5, 5.41) is 9.48. The van der Waals surface area contributed by atoms with Gasteiger partial charge in [0.15, 0.2) is 11.5 Å². The number of rotatable bonds is 3. The second-order valence-electron chi connectivity index (χ2n) is 4.88. The third-order valence-electron chi connectivity index (χ3n) is 3.59. The summed E-state index contributed by atoms with van der Waals surface area (Å²) in [5.41, 5.74) is 1.18. The van der Waals surface area contributed by atoms with Gasteiger partial charge in [-0.25, -0.2) is 0 Å². The van der Waals surface area contributed by atoms with Crippen molar-refractivity contribution in [2.45, 2.75) is 25.2 Å². The van der Waals surface area contributed by atoms with Crippen LogP contribution >= 0.6 is 0 Å². The molecule has 0 aromatic heterocycles. The Morgan fingerprint density at radius 1 is 1.18 bits per heavy atom. The summed E-state index contributed by atoms with van der Waals surface area (Å²) in [7, 11) is 0. The Labute approximate surface area is 101 Å². The molecule has 2 aliphatic rings. The molecule has 3 rings (SSSR count). The third kappa shape index (κ3) is 2.25. The van der Waals surface area contributed by atoms with Crippen LogP contribution in [0.2, 0.25) is 0 Å². The highest BCUT2D eigenvalue weighted by Gasteiger charge is 2.32. The first-order chi connectivity index (χ1) is 8.38. The first-order valence-electron chi connectivity index (χ1n) is 6.39. The zero-order chi connectivity index (χ0) is 11.7. The second-order valence-corrected chi connectivity index (χ2v) is 4.88. The van der Waals surface area contributed by atoms with Gasteiger partial charge in [0.1, 0.15) is 0 Å². The third-order valence-corrected chi connectivity index (χ3v) is 3.59. The molecule has 0 saturated heterocycles. The predicted octanol–water partition coefficient (Wildman–Crippen LogP) is 2.33. The Hall–Kier alpha value is -1.22. The monoisotopic (exact) mass is 234 g/mol. The first-order valence-corrected chi connectivity index (χ1v) is 6.39. The van der Waals surface area contributed by atoms with Crippen molar-refractivity contribution in [1.82, 2.24) is 0 Å². The number of aliphatic hydroxyl groups excluding tert-OH is 1. The maximum Gasteiger partial charge on any atom is 0.161 e. The maximum atomic E-state index is 9.48. The molecule has 1 aliphatic heterocycles. The molecular weight excluding hydrogens is 216 g/mol. The molecule has 1 atom stereocenters. The van der Waals surface area contributed by atoms with E-state index in [-0.39, 0.29) is 12.5 Å². The highest BCUT2D eigenvalue weighted by atomic mass is 16.5. The van der Waals surface area contributed by atoms with Crippen LogP contribution in [-0.2, 0) is 0 Å². The van der Waals surface area contributed by atoms with Crippen molar-refractivity contribution in [3.05, 3.63) is 23.8 Å². The fraction of sp³-hybridized carbons (Fsp3) is 0.571. The molecule has 0 bridgehead atoms. The summed E-state index contributed by atoms with van der Waals surface area (Å²) in [6.45, 7) is 1.66. The lowest BCUT2D eigenvalue weighted by Gasteiger charge is -2.16. The van der Waals surface area contributed by atoms with E-state index in [0.717, 1.165) is 24.5 Å². The van der Waals surface area contributed by atoms with E-state index in [1.165, 1.54) is 18.4 Å². The minimum absolute atomic E-state index is 0.226. The van der Waals surface area contributed by atoms with Crippen LogP contribution in [0, 0.1) is 5.92 Å². The van der Waals surface area contributed by atoms with Gasteiger partial charge in [-0.05, 0) is 36.5 Å². The van der Waals surface area contributed by atoms with E-state index >= 15 is 0 Å². The van der Waals surface area contributed by atoms with Crippen molar-refractivity contribution in [2.75, 3.05) is 19.8 Å². The summed E-state index contributed by atoms with van der Waals surface area (Å²) >= 11 is 0. The molecule has 1 heterocycles. The number of hydrogen-bond donors (Lipinski definition) is 1. The molecule has 3 nitrogen and oxygen atoms in total. The number of hydrogen-bond acceptors (Lipinski definition) is 3. The lowest BCUT2D eigenvalue weighted by Crippen LogP contribution is -2.06. The zero-order valence-electron chi connectivity index (χ0n) is 9.89. The molecule has 3 heteroatoms. The van der Waals surface area contributed by atoms with Crippen molar-refractivity contribution in [3.8, 4) is 11.5 Å². The fourth-order valence-electron chi connectivity index (χ4n) is 2.44. The van der Waals surface area contributed by atoms with E-state index < -0.39 is 0 Å². The Balaban J connectivity index is 1.88. The number of aliphatic hydroxyl groups is 1. The van der Waals surface area contributed by atoms with Crippen molar-refractivity contribution in [1.29, 1.82) is 0 Å². The van der Waals surface area contributed by atoms with Gasteiger partial charge in [0.2, 0.25) is 0 Å². The standard InChI is InChI=1S/C14H18O3/c15-9-12(10-2-3-10)11-4-5-13-14(8-11)17-7-1-6-16-13/h4-5,8,10,12,15H,1-3,6-7,9H2. The topological polar surface area (TPSA) is 38.7 Å². The zero-order valence-corrected chi connectivity index (χ0v) is 9.89. The van der Waals surface area contributed by atoms with Gasteiger partial charge in [0.05, 0.1) is 19.8 Å². The van der Waals surface area contributed by atoms with Crippen LogP contribution in [0.3, 0.4) is 0 Å². The van der Waals surface area contributed by atoms with Crippen LogP contribution < -0.4 is 9.47 Å². The molecule has 0 amide bonds.